The zero-order valence-electron chi connectivity index (χ0n) is 14.3. The third kappa shape index (κ3) is 2.64. The normalized spacial score (nSPS) is 15.6. The van der Waals surface area contributed by atoms with E-state index in [2.05, 4.69) is 15.1 Å². The molecule has 3 heterocycles. The highest BCUT2D eigenvalue weighted by Gasteiger charge is 2.29. The maximum atomic E-state index is 14.4. The molecule has 8 heteroatoms. The van der Waals surface area contributed by atoms with Crippen LogP contribution in [0.25, 0.3) is 22.6 Å². The van der Waals surface area contributed by atoms with Gasteiger partial charge in [-0.25, -0.2) is 13.2 Å². The van der Waals surface area contributed by atoms with Gasteiger partial charge in [-0.1, -0.05) is 0 Å². The fourth-order valence-electron chi connectivity index (χ4n) is 3.88. The average Bonchev–Trinajstić information content (AvgIpc) is 3.20. The number of aryl methyl sites for hydroxylation is 1. The lowest BCUT2D eigenvalue weighted by molar-refractivity contribution is 0.0994. The molecule has 1 aromatic rings. The van der Waals surface area contributed by atoms with Gasteiger partial charge in [-0.15, -0.1) is 0 Å². The van der Waals surface area contributed by atoms with Gasteiger partial charge in [-0.2, -0.15) is 4.98 Å². The van der Waals surface area contributed by atoms with Gasteiger partial charge in [0.2, 0.25) is 6.43 Å². The highest BCUT2D eigenvalue weighted by atomic mass is 19.3. The van der Waals surface area contributed by atoms with E-state index in [0.717, 1.165) is 30.4 Å². The maximum absolute atomic E-state index is 14.4. The number of H-pyrrole nitrogens is 2. The van der Waals surface area contributed by atoms with Crippen LogP contribution in [0.2, 0.25) is 0 Å². The summed E-state index contributed by atoms with van der Waals surface area (Å²) in [7, 11) is 1.73. The van der Waals surface area contributed by atoms with E-state index in [0.29, 0.717) is 29.1 Å². The minimum absolute atomic E-state index is 0.116. The van der Waals surface area contributed by atoms with Gasteiger partial charge in [0.15, 0.2) is 5.82 Å². The van der Waals surface area contributed by atoms with Crippen LogP contribution in [0.15, 0.2) is 17.1 Å². The summed E-state index contributed by atoms with van der Waals surface area (Å²) in [6.45, 7) is 0. The van der Waals surface area contributed by atoms with E-state index in [4.69, 9.17) is 0 Å². The Morgan fingerprint density at radius 2 is 1.96 bits per heavy atom. The van der Waals surface area contributed by atoms with Crippen molar-refractivity contribution >= 4 is 0 Å². The van der Waals surface area contributed by atoms with E-state index in [1.54, 1.807) is 17.8 Å². The number of aromatic amines is 2. The standard InChI is InChI=1S/C18H19F3N4O/c1-25-17-14(9-4-2-3-5-10(9)18(26)23-17)16(24-25)11-6-7-22-15(11)12(19)8-13(20)21/h6-7,12-13,22,24H,2-5,8H2,1H3. The molecule has 1 aliphatic carbocycles. The van der Waals surface area contributed by atoms with Crippen LogP contribution in [0.1, 0.15) is 42.3 Å². The monoisotopic (exact) mass is 364 g/mol. The highest BCUT2D eigenvalue weighted by molar-refractivity contribution is 5.83. The lowest BCUT2D eigenvalue weighted by Gasteiger charge is -2.18. The molecular formula is C18H19F3N4O. The Kier molecular flexibility index (Phi) is 4.13. The van der Waals surface area contributed by atoms with Crippen LogP contribution in [-0.2, 0) is 19.9 Å². The Labute approximate surface area is 147 Å². The summed E-state index contributed by atoms with van der Waals surface area (Å²) < 4.78 is 41.3. The largest absolute Gasteiger partial charge is 0.362 e. The molecule has 0 saturated carbocycles. The second-order valence-electron chi connectivity index (χ2n) is 6.72. The first-order valence-corrected chi connectivity index (χ1v) is 8.67. The van der Waals surface area contributed by atoms with E-state index in [9.17, 15) is 18.0 Å². The van der Waals surface area contributed by atoms with Crippen LogP contribution in [0.5, 0.6) is 0 Å². The first-order chi connectivity index (χ1) is 12.5. The van der Waals surface area contributed by atoms with Crippen molar-refractivity contribution in [3.63, 3.8) is 0 Å². The van der Waals surface area contributed by atoms with E-state index in [1.165, 1.54) is 6.20 Å². The minimum Gasteiger partial charge on any atom is -0.362 e. The molecule has 4 rings (SSSR count). The van der Waals surface area contributed by atoms with Crippen molar-refractivity contribution in [1.29, 1.82) is 0 Å². The van der Waals surface area contributed by atoms with Gasteiger partial charge in [0.05, 0.1) is 11.4 Å². The van der Waals surface area contributed by atoms with Gasteiger partial charge in [0.25, 0.3) is 5.56 Å². The third-order valence-electron chi connectivity index (χ3n) is 5.05. The number of pyridine rings is 1. The van der Waals surface area contributed by atoms with Crippen molar-refractivity contribution in [3.05, 3.63) is 39.4 Å². The number of rotatable bonds is 4. The lowest BCUT2D eigenvalue weighted by Crippen LogP contribution is -2.22. The fourth-order valence-corrected chi connectivity index (χ4v) is 3.88. The molecule has 3 aliphatic rings. The highest BCUT2D eigenvalue weighted by Crippen LogP contribution is 2.40. The number of halogens is 3. The zero-order valence-corrected chi connectivity index (χ0v) is 14.3. The SMILES string of the molecule is Cn1[nH]c(-c2cc[nH]c2C(F)CC(F)F)c2c3c(c(=O)nc1-2)CCCC3. The summed E-state index contributed by atoms with van der Waals surface area (Å²) in [4.78, 5) is 19.3. The number of fused-ring (bicyclic) bond motifs is 3. The van der Waals surface area contributed by atoms with Gasteiger partial charge in [-0.3, -0.25) is 14.6 Å². The molecule has 2 N–H and O–H groups in total. The first-order valence-electron chi connectivity index (χ1n) is 8.67. The summed E-state index contributed by atoms with van der Waals surface area (Å²) in [6, 6.07) is 1.67. The Balaban J connectivity index is 1.92. The Morgan fingerprint density at radius 1 is 1.23 bits per heavy atom. The van der Waals surface area contributed by atoms with E-state index in [-0.39, 0.29) is 11.3 Å². The predicted octanol–water partition coefficient (Wildman–Crippen LogP) is 3.75. The van der Waals surface area contributed by atoms with Crippen LogP contribution in [-0.4, -0.2) is 26.2 Å². The summed E-state index contributed by atoms with van der Waals surface area (Å²) in [5, 5.41) is 3.12. The second-order valence-corrected chi connectivity index (χ2v) is 6.72. The van der Waals surface area contributed by atoms with Crippen molar-refractivity contribution in [2.45, 2.75) is 44.7 Å². The molecule has 1 atom stereocenters. The number of nitrogens with one attached hydrogen (secondary N) is 2. The van der Waals surface area contributed by atoms with Crippen LogP contribution in [0.4, 0.5) is 13.2 Å². The molecule has 5 nitrogen and oxygen atoms in total. The van der Waals surface area contributed by atoms with Crippen LogP contribution < -0.4 is 5.56 Å². The molecule has 1 aromatic heterocycles. The molecule has 0 spiro atoms. The summed E-state index contributed by atoms with van der Waals surface area (Å²) in [5.41, 5.74) is 3.44. The van der Waals surface area contributed by atoms with Crippen LogP contribution in [0, 0.1) is 0 Å². The van der Waals surface area contributed by atoms with E-state index >= 15 is 0 Å². The summed E-state index contributed by atoms with van der Waals surface area (Å²) in [6.07, 6.45) is -0.501. The molecule has 1 unspecified atom stereocenters. The van der Waals surface area contributed by atoms with Crippen LogP contribution in [0.3, 0.4) is 0 Å². The molecule has 0 fully saturated rings. The summed E-state index contributed by atoms with van der Waals surface area (Å²) in [5.74, 6) is 0.502. The number of hydrogen-bond acceptors (Lipinski definition) is 2. The molecule has 0 radical (unpaired) electrons. The second kappa shape index (κ2) is 6.34. The van der Waals surface area contributed by atoms with Crippen molar-refractivity contribution in [3.8, 4) is 22.6 Å². The average molecular weight is 364 g/mol. The zero-order chi connectivity index (χ0) is 18.4. The van der Waals surface area contributed by atoms with Gasteiger partial charge in [0, 0.05) is 36.4 Å². The van der Waals surface area contributed by atoms with Gasteiger partial charge < -0.3 is 4.98 Å². The lowest BCUT2D eigenvalue weighted by atomic mass is 9.87. The predicted molar refractivity (Wildman–Crippen MR) is 91.3 cm³/mol. The van der Waals surface area contributed by atoms with Crippen molar-refractivity contribution in [1.82, 2.24) is 19.7 Å². The molecule has 0 bridgehead atoms. The van der Waals surface area contributed by atoms with Gasteiger partial charge in [-0.05, 0) is 37.3 Å². The molecular weight excluding hydrogens is 345 g/mol. The first kappa shape index (κ1) is 16.9. The molecule has 138 valence electrons. The minimum atomic E-state index is -2.73. The number of alkyl halides is 3. The van der Waals surface area contributed by atoms with Crippen molar-refractivity contribution in [2.75, 3.05) is 0 Å². The quantitative estimate of drug-likeness (QED) is 0.740. The molecule has 0 saturated heterocycles. The molecule has 2 aliphatic heterocycles. The van der Waals surface area contributed by atoms with Crippen molar-refractivity contribution in [2.24, 2.45) is 7.05 Å². The number of hydrogen-bond donors (Lipinski definition) is 2. The number of aromatic nitrogens is 4. The Morgan fingerprint density at radius 3 is 2.69 bits per heavy atom. The van der Waals surface area contributed by atoms with E-state index < -0.39 is 19.0 Å². The molecule has 0 aromatic carbocycles. The van der Waals surface area contributed by atoms with Crippen LogP contribution >= 0.6 is 0 Å². The molecule has 26 heavy (non-hydrogen) atoms. The maximum Gasteiger partial charge on any atom is 0.275 e. The smallest absolute Gasteiger partial charge is 0.275 e. The number of nitrogens with zero attached hydrogens (tertiary/aromatic N) is 2. The van der Waals surface area contributed by atoms with Gasteiger partial charge in [0.1, 0.15) is 6.17 Å². The van der Waals surface area contributed by atoms with Crippen molar-refractivity contribution < 1.29 is 13.2 Å². The topological polar surface area (TPSA) is 66.5 Å². The Hall–Kier alpha value is -2.51. The third-order valence-corrected chi connectivity index (χ3v) is 5.05. The molecule has 0 amide bonds. The van der Waals surface area contributed by atoms with Gasteiger partial charge >= 0.3 is 0 Å². The summed E-state index contributed by atoms with van der Waals surface area (Å²) >= 11 is 0. The fraction of sp³-hybridized carbons (Fsp3) is 0.444. The van der Waals surface area contributed by atoms with E-state index in [1.807, 2.05) is 0 Å². The Bertz CT molecular complexity index is 972.